The molecule has 0 amide bonds. The Labute approximate surface area is 118 Å². The molecule has 6 heteroatoms. The smallest absolute Gasteiger partial charge is 0.147 e. The van der Waals surface area contributed by atoms with Crippen LogP contribution < -0.4 is 10.6 Å². The molecule has 1 heterocycles. The summed E-state index contributed by atoms with van der Waals surface area (Å²) in [6.45, 7) is 8.00. The summed E-state index contributed by atoms with van der Waals surface area (Å²) in [7, 11) is 0. The number of ether oxygens (including phenoxy) is 1. The van der Waals surface area contributed by atoms with Crippen LogP contribution in [0.5, 0.6) is 0 Å². The summed E-state index contributed by atoms with van der Waals surface area (Å²) in [6.07, 6.45) is 0. The van der Waals surface area contributed by atoms with Crippen molar-refractivity contribution in [3.63, 3.8) is 0 Å². The van der Waals surface area contributed by atoms with Crippen LogP contribution in [0.3, 0.4) is 0 Å². The van der Waals surface area contributed by atoms with E-state index in [1.165, 1.54) is 0 Å². The van der Waals surface area contributed by atoms with Crippen molar-refractivity contribution in [2.24, 2.45) is 0 Å². The number of hydrogen-bond acceptors (Lipinski definition) is 4. The van der Waals surface area contributed by atoms with Gasteiger partial charge in [-0.25, -0.2) is 4.98 Å². The van der Waals surface area contributed by atoms with Gasteiger partial charge in [-0.1, -0.05) is 23.2 Å². The van der Waals surface area contributed by atoms with Gasteiger partial charge in [0.25, 0.3) is 0 Å². The largest absolute Gasteiger partial charge is 0.380 e. The van der Waals surface area contributed by atoms with Crippen molar-refractivity contribution in [3.05, 3.63) is 16.1 Å². The summed E-state index contributed by atoms with van der Waals surface area (Å²) in [5.41, 5.74) is 0. The lowest BCUT2D eigenvalue weighted by molar-refractivity contribution is 0.141. The molecule has 0 bridgehead atoms. The number of halogens is 2. The van der Waals surface area contributed by atoms with Gasteiger partial charge in [-0.15, -0.1) is 0 Å². The standard InChI is InChI=1S/C12H19Cl2N3O/c1-4-15-11-9(13)6-10(14)12(17-11)16-8(3)7-18-5-2/h6,8H,4-5,7H2,1-3H3,(H2,15,16,17). The van der Waals surface area contributed by atoms with Crippen LogP contribution in [0.1, 0.15) is 20.8 Å². The highest BCUT2D eigenvalue weighted by molar-refractivity contribution is 6.37. The highest BCUT2D eigenvalue weighted by Crippen LogP contribution is 2.29. The van der Waals surface area contributed by atoms with Gasteiger partial charge in [-0.05, 0) is 26.8 Å². The molecule has 0 saturated carbocycles. The van der Waals surface area contributed by atoms with Gasteiger partial charge in [-0.3, -0.25) is 0 Å². The quantitative estimate of drug-likeness (QED) is 0.805. The van der Waals surface area contributed by atoms with E-state index < -0.39 is 0 Å². The predicted octanol–water partition coefficient (Wildman–Crippen LogP) is 3.66. The van der Waals surface area contributed by atoms with Crippen molar-refractivity contribution in [2.75, 3.05) is 30.4 Å². The van der Waals surface area contributed by atoms with Gasteiger partial charge in [0.1, 0.15) is 11.6 Å². The maximum atomic E-state index is 6.10. The van der Waals surface area contributed by atoms with Gasteiger partial charge in [0, 0.05) is 19.2 Å². The molecule has 1 unspecified atom stereocenters. The third kappa shape index (κ3) is 4.52. The van der Waals surface area contributed by atoms with E-state index in [2.05, 4.69) is 15.6 Å². The van der Waals surface area contributed by atoms with E-state index in [0.29, 0.717) is 34.9 Å². The minimum Gasteiger partial charge on any atom is -0.380 e. The second kappa shape index (κ2) is 7.67. The zero-order chi connectivity index (χ0) is 13.5. The van der Waals surface area contributed by atoms with E-state index in [1.807, 2.05) is 20.8 Å². The van der Waals surface area contributed by atoms with Crippen molar-refractivity contribution in [1.82, 2.24) is 4.98 Å². The first-order chi connectivity index (χ1) is 8.58. The molecule has 18 heavy (non-hydrogen) atoms. The summed E-state index contributed by atoms with van der Waals surface area (Å²) in [5.74, 6) is 1.25. The molecule has 0 saturated heterocycles. The Morgan fingerprint density at radius 2 is 1.94 bits per heavy atom. The zero-order valence-electron chi connectivity index (χ0n) is 10.9. The minimum atomic E-state index is 0.130. The molecule has 0 spiro atoms. The Hall–Kier alpha value is -0.710. The summed E-state index contributed by atoms with van der Waals surface area (Å²) >= 11 is 12.1. The van der Waals surface area contributed by atoms with Crippen LogP contribution in [-0.2, 0) is 4.74 Å². The van der Waals surface area contributed by atoms with Gasteiger partial charge in [-0.2, -0.15) is 0 Å². The Morgan fingerprint density at radius 3 is 2.56 bits per heavy atom. The summed E-state index contributed by atoms with van der Waals surface area (Å²) in [4.78, 5) is 4.37. The number of pyridine rings is 1. The lowest BCUT2D eigenvalue weighted by Gasteiger charge is -2.16. The van der Waals surface area contributed by atoms with Crippen molar-refractivity contribution in [3.8, 4) is 0 Å². The Morgan fingerprint density at radius 1 is 1.28 bits per heavy atom. The highest BCUT2D eigenvalue weighted by atomic mass is 35.5. The fraction of sp³-hybridized carbons (Fsp3) is 0.583. The minimum absolute atomic E-state index is 0.130. The second-order valence-corrected chi connectivity index (χ2v) is 4.70. The average Bonchev–Trinajstić information content (AvgIpc) is 2.33. The van der Waals surface area contributed by atoms with Gasteiger partial charge >= 0.3 is 0 Å². The first kappa shape index (κ1) is 15.3. The van der Waals surface area contributed by atoms with Crippen LogP contribution in [0.15, 0.2) is 6.07 Å². The SMILES string of the molecule is CCNc1nc(NC(C)COCC)c(Cl)cc1Cl. The third-order valence-corrected chi connectivity index (χ3v) is 2.81. The molecule has 1 atom stereocenters. The van der Waals surface area contributed by atoms with Crippen molar-refractivity contribution in [2.45, 2.75) is 26.8 Å². The van der Waals surface area contributed by atoms with Crippen LogP contribution in [-0.4, -0.2) is 30.8 Å². The number of aromatic nitrogens is 1. The Kier molecular flexibility index (Phi) is 6.54. The van der Waals surface area contributed by atoms with E-state index >= 15 is 0 Å². The highest BCUT2D eigenvalue weighted by Gasteiger charge is 2.11. The molecule has 2 N–H and O–H groups in total. The lowest BCUT2D eigenvalue weighted by Crippen LogP contribution is -2.22. The predicted molar refractivity (Wildman–Crippen MR) is 78.0 cm³/mol. The third-order valence-electron chi connectivity index (χ3n) is 2.23. The average molecular weight is 292 g/mol. The van der Waals surface area contributed by atoms with E-state index in [0.717, 1.165) is 6.54 Å². The van der Waals surface area contributed by atoms with Gasteiger partial charge in [0.15, 0.2) is 0 Å². The fourth-order valence-corrected chi connectivity index (χ4v) is 1.91. The van der Waals surface area contributed by atoms with Crippen LogP contribution in [0.25, 0.3) is 0 Å². The summed E-state index contributed by atoms with van der Waals surface area (Å²) < 4.78 is 5.33. The molecular weight excluding hydrogens is 273 g/mol. The Bertz CT molecular complexity index is 388. The first-order valence-electron chi connectivity index (χ1n) is 6.02. The molecule has 1 aromatic rings. The molecular formula is C12H19Cl2N3O. The molecule has 0 aliphatic heterocycles. The van der Waals surface area contributed by atoms with E-state index in [9.17, 15) is 0 Å². The summed E-state index contributed by atoms with van der Waals surface area (Å²) in [6, 6.07) is 1.81. The van der Waals surface area contributed by atoms with Crippen molar-refractivity contribution in [1.29, 1.82) is 0 Å². The number of rotatable bonds is 7. The molecule has 4 nitrogen and oxygen atoms in total. The van der Waals surface area contributed by atoms with Gasteiger partial charge < -0.3 is 15.4 Å². The maximum Gasteiger partial charge on any atom is 0.147 e. The van der Waals surface area contributed by atoms with E-state index in [4.69, 9.17) is 27.9 Å². The first-order valence-corrected chi connectivity index (χ1v) is 6.78. The zero-order valence-corrected chi connectivity index (χ0v) is 12.4. The number of anilines is 2. The second-order valence-electron chi connectivity index (χ2n) is 3.88. The molecule has 1 aromatic heterocycles. The number of hydrogen-bond donors (Lipinski definition) is 2. The lowest BCUT2D eigenvalue weighted by atomic mass is 10.3. The maximum absolute atomic E-state index is 6.10. The molecule has 0 aromatic carbocycles. The molecule has 0 radical (unpaired) electrons. The van der Waals surface area contributed by atoms with Crippen molar-refractivity contribution < 1.29 is 4.74 Å². The fourth-order valence-electron chi connectivity index (χ4n) is 1.43. The normalized spacial score (nSPS) is 12.3. The monoisotopic (exact) mass is 291 g/mol. The van der Waals surface area contributed by atoms with Gasteiger partial charge in [0.05, 0.1) is 16.7 Å². The number of nitrogens with one attached hydrogen (secondary N) is 2. The number of nitrogens with zero attached hydrogens (tertiary/aromatic N) is 1. The molecule has 1 rings (SSSR count). The Balaban J connectivity index is 2.78. The van der Waals surface area contributed by atoms with Gasteiger partial charge in [0.2, 0.25) is 0 Å². The molecule has 102 valence electrons. The van der Waals surface area contributed by atoms with Crippen LogP contribution in [0.4, 0.5) is 11.6 Å². The van der Waals surface area contributed by atoms with Crippen molar-refractivity contribution >= 4 is 34.8 Å². The van der Waals surface area contributed by atoms with Crippen LogP contribution in [0, 0.1) is 0 Å². The van der Waals surface area contributed by atoms with Crippen LogP contribution in [0.2, 0.25) is 10.0 Å². The van der Waals surface area contributed by atoms with E-state index in [-0.39, 0.29) is 6.04 Å². The molecule has 0 aliphatic carbocycles. The molecule has 0 fully saturated rings. The summed E-state index contributed by atoms with van der Waals surface area (Å²) in [5, 5.41) is 7.31. The van der Waals surface area contributed by atoms with E-state index in [1.54, 1.807) is 6.07 Å². The van der Waals surface area contributed by atoms with Crippen LogP contribution >= 0.6 is 23.2 Å². The topological polar surface area (TPSA) is 46.2 Å². The molecule has 0 aliphatic rings.